The largest absolute Gasteiger partial charge is 0.454 e. The first-order valence-corrected chi connectivity index (χ1v) is 8.98. The van der Waals surface area contributed by atoms with Crippen LogP contribution in [0.1, 0.15) is 10.5 Å². The number of rotatable bonds is 9. The average molecular weight is 379 g/mol. The van der Waals surface area contributed by atoms with Gasteiger partial charge in [0.15, 0.2) is 16.6 Å². The Morgan fingerprint density at radius 1 is 1.23 bits per heavy atom. The molecule has 26 heavy (non-hydrogen) atoms. The molecule has 1 aromatic heterocycles. The summed E-state index contributed by atoms with van der Waals surface area (Å²) in [5.74, 6) is 1.26. The third-order valence-electron chi connectivity index (χ3n) is 3.77. The number of carbonyl (C=O) groups excluding carboxylic acids is 1. The van der Waals surface area contributed by atoms with Crippen molar-refractivity contribution < 1.29 is 23.7 Å². The van der Waals surface area contributed by atoms with Crippen molar-refractivity contribution in [1.82, 2.24) is 9.88 Å². The van der Waals surface area contributed by atoms with Gasteiger partial charge in [-0.25, -0.2) is 4.98 Å². The van der Waals surface area contributed by atoms with Crippen molar-refractivity contribution in [3.05, 3.63) is 29.3 Å². The van der Waals surface area contributed by atoms with E-state index < -0.39 is 0 Å². The third-order valence-corrected chi connectivity index (χ3v) is 4.52. The van der Waals surface area contributed by atoms with E-state index in [0.717, 1.165) is 11.4 Å². The minimum atomic E-state index is -0.144. The topological polar surface area (TPSA) is 82.2 Å². The van der Waals surface area contributed by atoms with E-state index in [1.807, 2.05) is 18.2 Å². The lowest BCUT2D eigenvalue weighted by molar-refractivity contribution is 0.0622. The average Bonchev–Trinajstić information content (AvgIpc) is 3.30. The molecule has 0 fully saturated rings. The van der Waals surface area contributed by atoms with Crippen molar-refractivity contribution in [2.45, 2.75) is 0 Å². The lowest BCUT2D eigenvalue weighted by atomic mass is 10.3. The summed E-state index contributed by atoms with van der Waals surface area (Å²) in [4.78, 5) is 18.7. The highest BCUT2D eigenvalue weighted by molar-refractivity contribution is 7.14. The lowest BCUT2D eigenvalue weighted by Gasteiger charge is -2.20. The molecule has 0 saturated heterocycles. The summed E-state index contributed by atoms with van der Waals surface area (Å²) < 4.78 is 20.8. The number of ether oxygens (including phenoxy) is 4. The Labute approximate surface area is 155 Å². The Morgan fingerprint density at radius 3 is 2.69 bits per heavy atom. The van der Waals surface area contributed by atoms with Crippen LogP contribution in [-0.2, 0) is 9.47 Å². The van der Waals surface area contributed by atoms with Gasteiger partial charge in [0.1, 0.15) is 5.69 Å². The first-order chi connectivity index (χ1) is 12.7. The van der Waals surface area contributed by atoms with Gasteiger partial charge in [0.25, 0.3) is 5.91 Å². The minimum Gasteiger partial charge on any atom is -0.454 e. The fraction of sp³-hybridized carbons (Fsp3) is 0.412. The zero-order valence-electron chi connectivity index (χ0n) is 14.7. The van der Waals surface area contributed by atoms with Gasteiger partial charge >= 0.3 is 0 Å². The van der Waals surface area contributed by atoms with Crippen LogP contribution in [0.25, 0.3) is 0 Å². The third kappa shape index (κ3) is 4.43. The summed E-state index contributed by atoms with van der Waals surface area (Å²) in [6, 6.07) is 5.55. The van der Waals surface area contributed by atoms with Crippen LogP contribution in [0.5, 0.6) is 11.5 Å². The summed E-state index contributed by atoms with van der Waals surface area (Å²) in [6.45, 7) is 2.12. The van der Waals surface area contributed by atoms with Crippen molar-refractivity contribution in [1.29, 1.82) is 0 Å². The van der Waals surface area contributed by atoms with Gasteiger partial charge in [0.2, 0.25) is 6.79 Å². The highest BCUT2D eigenvalue weighted by atomic mass is 32.1. The maximum atomic E-state index is 12.7. The summed E-state index contributed by atoms with van der Waals surface area (Å²) in [5.41, 5.74) is 1.21. The number of hydrogen-bond donors (Lipinski definition) is 1. The first kappa shape index (κ1) is 18.4. The molecule has 9 heteroatoms. The van der Waals surface area contributed by atoms with Crippen molar-refractivity contribution in [2.24, 2.45) is 0 Å². The molecule has 0 atom stereocenters. The van der Waals surface area contributed by atoms with Crippen molar-refractivity contribution in [3.63, 3.8) is 0 Å². The molecule has 2 aromatic rings. The van der Waals surface area contributed by atoms with Crippen LogP contribution in [0.3, 0.4) is 0 Å². The molecule has 2 heterocycles. The molecular weight excluding hydrogens is 358 g/mol. The molecule has 8 nitrogen and oxygen atoms in total. The van der Waals surface area contributed by atoms with Crippen LogP contribution < -0.4 is 14.8 Å². The molecule has 0 spiro atoms. The Balaban J connectivity index is 1.66. The van der Waals surface area contributed by atoms with Crippen molar-refractivity contribution in [2.75, 3.05) is 52.6 Å². The molecule has 0 unspecified atom stereocenters. The van der Waals surface area contributed by atoms with Crippen LogP contribution in [0.15, 0.2) is 23.6 Å². The van der Waals surface area contributed by atoms with Gasteiger partial charge in [0, 0.05) is 44.4 Å². The predicted molar refractivity (Wildman–Crippen MR) is 97.6 cm³/mol. The number of thiazole rings is 1. The number of fused-ring (bicyclic) bond motifs is 1. The smallest absolute Gasteiger partial charge is 0.273 e. The fourth-order valence-electron chi connectivity index (χ4n) is 2.41. The Hall–Kier alpha value is -2.36. The number of aromatic nitrogens is 1. The molecule has 3 rings (SSSR count). The van der Waals surface area contributed by atoms with Crippen molar-refractivity contribution >= 4 is 28.1 Å². The standard InChI is InChI=1S/C17H21N3O5S/c1-22-7-5-20(6-8-23-2)16(21)13-10-26-17(19-13)18-12-3-4-14-15(9-12)25-11-24-14/h3-4,9-10H,5-8,11H2,1-2H3,(H,18,19). The van der Waals surface area contributed by atoms with Gasteiger partial charge < -0.3 is 29.2 Å². The van der Waals surface area contributed by atoms with Crippen LogP contribution in [0.2, 0.25) is 0 Å². The zero-order chi connectivity index (χ0) is 18.4. The predicted octanol–water partition coefficient (Wildman–Crippen LogP) is 2.35. The second kappa shape index (κ2) is 8.84. The number of benzene rings is 1. The fourth-order valence-corrected chi connectivity index (χ4v) is 3.11. The highest BCUT2D eigenvalue weighted by Crippen LogP contribution is 2.35. The molecule has 1 aliphatic heterocycles. The van der Waals surface area contributed by atoms with E-state index in [1.54, 1.807) is 24.5 Å². The second-order valence-electron chi connectivity index (χ2n) is 5.51. The maximum absolute atomic E-state index is 12.7. The van der Waals surface area contributed by atoms with E-state index in [-0.39, 0.29) is 12.7 Å². The van der Waals surface area contributed by atoms with Crippen molar-refractivity contribution in [3.8, 4) is 11.5 Å². The summed E-state index contributed by atoms with van der Waals surface area (Å²) >= 11 is 1.37. The molecule has 0 radical (unpaired) electrons. The van der Waals surface area contributed by atoms with Gasteiger partial charge in [-0.3, -0.25) is 4.79 Å². The first-order valence-electron chi connectivity index (χ1n) is 8.10. The molecule has 140 valence electrons. The van der Waals surface area contributed by atoms with Gasteiger partial charge in [-0.15, -0.1) is 11.3 Å². The summed E-state index contributed by atoms with van der Waals surface area (Å²) in [7, 11) is 3.21. The molecule has 0 saturated carbocycles. The number of nitrogens with one attached hydrogen (secondary N) is 1. The van der Waals surface area contributed by atoms with Crippen LogP contribution in [-0.4, -0.2) is 63.1 Å². The highest BCUT2D eigenvalue weighted by Gasteiger charge is 2.19. The van der Waals surface area contributed by atoms with Gasteiger partial charge in [-0.05, 0) is 12.1 Å². The number of hydrogen-bond acceptors (Lipinski definition) is 8. The summed E-state index contributed by atoms with van der Waals surface area (Å²) in [6.07, 6.45) is 0. The number of methoxy groups -OCH3 is 2. The Kier molecular flexibility index (Phi) is 6.26. The molecule has 1 amide bonds. The quantitative estimate of drug-likeness (QED) is 0.716. The lowest BCUT2D eigenvalue weighted by Crippen LogP contribution is -2.36. The molecular formula is C17H21N3O5S. The Bertz CT molecular complexity index is 744. The SMILES string of the molecule is COCCN(CCOC)C(=O)c1csc(Nc2ccc3c(c2)OCO3)n1. The monoisotopic (exact) mass is 379 g/mol. The molecule has 0 aliphatic carbocycles. The van der Waals surface area contributed by atoms with Gasteiger partial charge in [0.05, 0.1) is 13.2 Å². The molecule has 1 aromatic carbocycles. The van der Waals surface area contributed by atoms with Crippen LogP contribution >= 0.6 is 11.3 Å². The molecule has 0 bridgehead atoms. The second-order valence-corrected chi connectivity index (χ2v) is 6.37. The van der Waals surface area contributed by atoms with E-state index in [2.05, 4.69) is 10.3 Å². The molecule has 1 aliphatic rings. The van der Waals surface area contributed by atoms with E-state index in [0.29, 0.717) is 42.9 Å². The zero-order valence-corrected chi connectivity index (χ0v) is 15.5. The minimum absolute atomic E-state index is 0.144. The van der Waals surface area contributed by atoms with E-state index >= 15 is 0 Å². The van der Waals surface area contributed by atoms with E-state index in [9.17, 15) is 4.79 Å². The van der Waals surface area contributed by atoms with Crippen LogP contribution in [0.4, 0.5) is 10.8 Å². The number of carbonyl (C=O) groups is 1. The molecule has 1 N–H and O–H groups in total. The van der Waals surface area contributed by atoms with Crippen LogP contribution in [0, 0.1) is 0 Å². The number of anilines is 2. The maximum Gasteiger partial charge on any atom is 0.273 e. The number of nitrogens with zero attached hydrogens (tertiary/aromatic N) is 2. The summed E-state index contributed by atoms with van der Waals surface area (Å²) in [5, 5.41) is 5.56. The van der Waals surface area contributed by atoms with E-state index in [1.165, 1.54) is 11.3 Å². The van der Waals surface area contributed by atoms with E-state index in [4.69, 9.17) is 18.9 Å². The Morgan fingerprint density at radius 2 is 1.96 bits per heavy atom. The number of amides is 1. The van der Waals surface area contributed by atoms with Gasteiger partial charge in [-0.2, -0.15) is 0 Å². The normalized spacial score (nSPS) is 12.2. The van der Waals surface area contributed by atoms with Gasteiger partial charge in [-0.1, -0.05) is 0 Å².